The minimum atomic E-state index is -0.262. The highest BCUT2D eigenvalue weighted by atomic mass is 79.9. The Kier molecular flexibility index (Phi) is 4.21. The Morgan fingerprint density at radius 3 is 2.74 bits per heavy atom. The van der Waals surface area contributed by atoms with E-state index in [-0.39, 0.29) is 5.91 Å². The average molecular weight is 385 g/mol. The number of carbonyl (C=O) groups is 1. The van der Waals surface area contributed by atoms with Gasteiger partial charge in [-0.05, 0) is 52.7 Å². The van der Waals surface area contributed by atoms with Crippen LogP contribution >= 0.6 is 31.9 Å². The number of pyridine rings is 1. The van der Waals surface area contributed by atoms with Crippen LogP contribution in [0.1, 0.15) is 15.9 Å². The standard InChI is InChI=1S/C13H11Br2N3O/c1-7-4-9(6-17-12(7)15)18-13(19)10-5-8(14)2-3-11(10)16/h2-6H,16H2,1H3,(H,18,19). The highest BCUT2D eigenvalue weighted by molar-refractivity contribution is 9.10. The van der Waals surface area contributed by atoms with Crippen molar-refractivity contribution in [1.82, 2.24) is 4.98 Å². The Balaban J connectivity index is 2.25. The molecule has 2 aromatic rings. The number of amides is 1. The fourth-order valence-electron chi connectivity index (χ4n) is 1.55. The summed E-state index contributed by atoms with van der Waals surface area (Å²) in [6.45, 7) is 1.90. The molecule has 3 N–H and O–H groups in total. The molecule has 1 heterocycles. The number of carbonyl (C=O) groups excluding carboxylic acids is 1. The van der Waals surface area contributed by atoms with Crippen molar-refractivity contribution in [3.8, 4) is 0 Å². The number of hydrogen-bond acceptors (Lipinski definition) is 3. The predicted molar refractivity (Wildman–Crippen MR) is 83.2 cm³/mol. The van der Waals surface area contributed by atoms with Crippen LogP contribution in [0.2, 0.25) is 0 Å². The lowest BCUT2D eigenvalue weighted by Gasteiger charge is -2.08. The van der Waals surface area contributed by atoms with Crippen LogP contribution in [0.25, 0.3) is 0 Å². The lowest BCUT2D eigenvalue weighted by Crippen LogP contribution is -2.14. The van der Waals surface area contributed by atoms with Gasteiger partial charge in [0.2, 0.25) is 0 Å². The number of aryl methyl sites for hydroxylation is 1. The number of halogens is 2. The molecule has 0 aliphatic rings. The molecule has 0 aliphatic carbocycles. The van der Waals surface area contributed by atoms with Crippen molar-refractivity contribution >= 4 is 49.1 Å². The summed E-state index contributed by atoms with van der Waals surface area (Å²) in [5, 5.41) is 2.77. The summed E-state index contributed by atoms with van der Waals surface area (Å²) in [6.07, 6.45) is 1.59. The van der Waals surface area contributed by atoms with Crippen molar-refractivity contribution in [3.05, 3.63) is 50.7 Å². The number of benzene rings is 1. The lowest BCUT2D eigenvalue weighted by atomic mass is 10.1. The maximum absolute atomic E-state index is 12.1. The first-order valence-electron chi connectivity index (χ1n) is 5.46. The molecule has 1 amide bonds. The van der Waals surface area contributed by atoms with E-state index in [2.05, 4.69) is 42.2 Å². The van der Waals surface area contributed by atoms with Crippen LogP contribution in [0, 0.1) is 6.92 Å². The molecule has 4 nitrogen and oxygen atoms in total. The van der Waals surface area contributed by atoms with Crippen LogP contribution in [0.4, 0.5) is 11.4 Å². The number of nitrogen functional groups attached to an aromatic ring is 1. The van der Waals surface area contributed by atoms with Gasteiger partial charge in [0.15, 0.2) is 0 Å². The number of anilines is 2. The summed E-state index contributed by atoms with van der Waals surface area (Å²) in [7, 11) is 0. The third-order valence-corrected chi connectivity index (χ3v) is 3.86. The first kappa shape index (κ1) is 14.0. The molecule has 0 aliphatic heterocycles. The second-order valence-corrected chi connectivity index (χ2v) is 5.68. The second kappa shape index (κ2) is 5.71. The lowest BCUT2D eigenvalue weighted by molar-refractivity contribution is 0.102. The molecule has 0 saturated heterocycles. The van der Waals surface area contributed by atoms with Gasteiger partial charge in [-0.2, -0.15) is 0 Å². The molecule has 19 heavy (non-hydrogen) atoms. The molecule has 0 bridgehead atoms. The maximum atomic E-state index is 12.1. The summed E-state index contributed by atoms with van der Waals surface area (Å²) < 4.78 is 1.56. The van der Waals surface area contributed by atoms with Gasteiger partial charge in [-0.15, -0.1) is 0 Å². The Labute approximate surface area is 127 Å². The zero-order valence-electron chi connectivity index (χ0n) is 10.1. The van der Waals surface area contributed by atoms with Crippen molar-refractivity contribution in [3.63, 3.8) is 0 Å². The van der Waals surface area contributed by atoms with Gasteiger partial charge in [-0.1, -0.05) is 15.9 Å². The minimum absolute atomic E-state index is 0.262. The van der Waals surface area contributed by atoms with Gasteiger partial charge in [0, 0.05) is 10.2 Å². The third kappa shape index (κ3) is 3.33. The van der Waals surface area contributed by atoms with Gasteiger partial charge in [0.25, 0.3) is 5.91 Å². The average Bonchev–Trinajstić information content (AvgIpc) is 2.36. The first-order chi connectivity index (χ1) is 8.97. The smallest absolute Gasteiger partial charge is 0.257 e. The van der Waals surface area contributed by atoms with E-state index < -0.39 is 0 Å². The quantitative estimate of drug-likeness (QED) is 0.612. The van der Waals surface area contributed by atoms with Gasteiger partial charge in [-0.3, -0.25) is 4.79 Å². The van der Waals surface area contributed by atoms with Crippen molar-refractivity contribution in [1.29, 1.82) is 0 Å². The number of aromatic nitrogens is 1. The van der Waals surface area contributed by atoms with E-state index in [0.717, 1.165) is 14.6 Å². The molecule has 0 spiro atoms. The van der Waals surface area contributed by atoms with Crippen LogP contribution in [0.5, 0.6) is 0 Å². The van der Waals surface area contributed by atoms with E-state index in [1.807, 2.05) is 13.0 Å². The molecule has 0 atom stereocenters. The van der Waals surface area contributed by atoms with Crippen LogP contribution in [0.3, 0.4) is 0 Å². The van der Waals surface area contributed by atoms with E-state index in [0.29, 0.717) is 16.9 Å². The largest absolute Gasteiger partial charge is 0.398 e. The minimum Gasteiger partial charge on any atom is -0.398 e. The number of hydrogen-bond donors (Lipinski definition) is 2. The van der Waals surface area contributed by atoms with Gasteiger partial charge < -0.3 is 11.1 Å². The number of rotatable bonds is 2. The van der Waals surface area contributed by atoms with Gasteiger partial charge in [0.05, 0.1) is 17.4 Å². The molecule has 0 saturated carbocycles. The van der Waals surface area contributed by atoms with E-state index in [4.69, 9.17) is 5.73 Å². The maximum Gasteiger partial charge on any atom is 0.257 e. The molecular formula is C13H11Br2N3O. The molecule has 98 valence electrons. The molecule has 6 heteroatoms. The van der Waals surface area contributed by atoms with E-state index >= 15 is 0 Å². The van der Waals surface area contributed by atoms with Crippen molar-refractivity contribution in [2.45, 2.75) is 6.92 Å². The molecule has 1 aromatic heterocycles. The molecule has 0 unspecified atom stereocenters. The van der Waals surface area contributed by atoms with Crippen molar-refractivity contribution in [2.24, 2.45) is 0 Å². The monoisotopic (exact) mass is 383 g/mol. The molecule has 1 aromatic carbocycles. The van der Waals surface area contributed by atoms with Crippen molar-refractivity contribution < 1.29 is 4.79 Å². The molecule has 2 rings (SSSR count). The van der Waals surface area contributed by atoms with E-state index in [9.17, 15) is 4.79 Å². The predicted octanol–water partition coefficient (Wildman–Crippen LogP) is 3.75. The zero-order chi connectivity index (χ0) is 14.0. The first-order valence-corrected chi connectivity index (χ1v) is 7.04. The van der Waals surface area contributed by atoms with Gasteiger partial charge in [-0.25, -0.2) is 4.98 Å². The topological polar surface area (TPSA) is 68.0 Å². The molecule has 0 fully saturated rings. The summed E-state index contributed by atoms with van der Waals surface area (Å²) in [5.74, 6) is -0.262. The molecule has 0 radical (unpaired) electrons. The Hall–Kier alpha value is -1.40. The summed E-state index contributed by atoms with van der Waals surface area (Å²) in [4.78, 5) is 16.3. The van der Waals surface area contributed by atoms with E-state index in [1.54, 1.807) is 24.4 Å². The number of nitrogens with zero attached hydrogens (tertiary/aromatic N) is 1. The normalized spacial score (nSPS) is 10.3. The Morgan fingerprint density at radius 1 is 1.32 bits per heavy atom. The highest BCUT2D eigenvalue weighted by Gasteiger charge is 2.11. The number of nitrogens with two attached hydrogens (primary N) is 1. The van der Waals surface area contributed by atoms with Gasteiger partial charge >= 0.3 is 0 Å². The van der Waals surface area contributed by atoms with Crippen LogP contribution in [0.15, 0.2) is 39.5 Å². The summed E-state index contributed by atoms with van der Waals surface area (Å²) in [5.41, 5.74) is 8.23. The van der Waals surface area contributed by atoms with Crippen LogP contribution < -0.4 is 11.1 Å². The van der Waals surface area contributed by atoms with Gasteiger partial charge in [0.1, 0.15) is 4.60 Å². The summed E-state index contributed by atoms with van der Waals surface area (Å²) >= 11 is 6.63. The fourth-order valence-corrected chi connectivity index (χ4v) is 2.13. The second-order valence-electron chi connectivity index (χ2n) is 4.02. The van der Waals surface area contributed by atoms with E-state index in [1.165, 1.54) is 0 Å². The van der Waals surface area contributed by atoms with Crippen molar-refractivity contribution in [2.75, 3.05) is 11.1 Å². The molecular weight excluding hydrogens is 374 g/mol. The Bertz CT molecular complexity index is 644. The summed E-state index contributed by atoms with van der Waals surface area (Å²) in [6, 6.07) is 6.99. The highest BCUT2D eigenvalue weighted by Crippen LogP contribution is 2.21. The SMILES string of the molecule is Cc1cc(NC(=O)c2cc(Br)ccc2N)cnc1Br. The van der Waals surface area contributed by atoms with Crippen LogP contribution in [-0.4, -0.2) is 10.9 Å². The Morgan fingerprint density at radius 2 is 2.05 bits per heavy atom. The fraction of sp³-hybridized carbons (Fsp3) is 0.0769. The number of nitrogens with one attached hydrogen (secondary N) is 1. The third-order valence-electron chi connectivity index (χ3n) is 2.53. The van der Waals surface area contributed by atoms with Crippen LogP contribution in [-0.2, 0) is 0 Å². The zero-order valence-corrected chi connectivity index (χ0v) is 13.2.